The Kier molecular flexibility index (Phi) is 13.6. The number of amides is 2. The van der Waals surface area contributed by atoms with Gasteiger partial charge in [-0.15, -0.1) is 24.8 Å². The van der Waals surface area contributed by atoms with Crippen LogP contribution >= 0.6 is 24.8 Å². The monoisotopic (exact) mass is 422 g/mol. The number of hydrogen-bond donors (Lipinski definition) is 3. The van der Waals surface area contributed by atoms with E-state index in [0.717, 1.165) is 44.2 Å². The molecule has 1 fully saturated rings. The van der Waals surface area contributed by atoms with Crippen molar-refractivity contribution < 1.29 is 19.1 Å². The van der Waals surface area contributed by atoms with Crippen LogP contribution in [0.4, 0.5) is 0 Å². The molecule has 0 bridgehead atoms. The van der Waals surface area contributed by atoms with Gasteiger partial charge in [-0.3, -0.25) is 14.5 Å². The number of carbonyl (C=O) groups excluding carboxylic acids is 2. The fourth-order valence-electron chi connectivity index (χ4n) is 2.38. The molecule has 0 aromatic heterocycles. The Morgan fingerprint density at radius 1 is 1.15 bits per heavy atom. The van der Waals surface area contributed by atoms with Crippen molar-refractivity contribution in [3.05, 3.63) is 29.8 Å². The van der Waals surface area contributed by atoms with Gasteiger partial charge in [0.05, 0.1) is 26.3 Å². The zero-order chi connectivity index (χ0) is 17.9. The summed E-state index contributed by atoms with van der Waals surface area (Å²) >= 11 is 0. The second-order valence-corrected chi connectivity index (χ2v) is 5.71. The van der Waals surface area contributed by atoms with Crippen LogP contribution in [0, 0.1) is 0 Å². The SMILES string of the molecule is Cl.Cl.NCC(=O)NCC(=O)NCc1cccc(OCCN2CCOCC2)c1. The average Bonchev–Trinajstić information content (AvgIpc) is 2.65. The fraction of sp³-hybridized carbons (Fsp3) is 0.529. The van der Waals surface area contributed by atoms with E-state index in [2.05, 4.69) is 15.5 Å². The lowest BCUT2D eigenvalue weighted by atomic mass is 10.2. The molecule has 1 aromatic rings. The van der Waals surface area contributed by atoms with Gasteiger partial charge in [-0.25, -0.2) is 0 Å². The number of rotatable bonds is 9. The summed E-state index contributed by atoms with van der Waals surface area (Å²) < 4.78 is 11.1. The Labute approximate surface area is 171 Å². The Balaban J connectivity index is 0.00000338. The number of nitrogens with zero attached hydrogens (tertiary/aromatic N) is 1. The summed E-state index contributed by atoms with van der Waals surface area (Å²) in [5.74, 6) is 0.155. The molecule has 1 aromatic carbocycles. The predicted octanol–water partition coefficient (Wildman–Crippen LogP) is -0.0677. The van der Waals surface area contributed by atoms with Crippen LogP contribution in [0.5, 0.6) is 5.75 Å². The molecule has 1 heterocycles. The van der Waals surface area contributed by atoms with Gasteiger partial charge in [0.1, 0.15) is 12.4 Å². The van der Waals surface area contributed by atoms with E-state index >= 15 is 0 Å². The number of ether oxygens (including phenoxy) is 2. The van der Waals surface area contributed by atoms with E-state index in [1.165, 1.54) is 0 Å². The molecule has 2 amide bonds. The molecule has 0 atom stereocenters. The number of benzene rings is 1. The van der Waals surface area contributed by atoms with Crippen molar-refractivity contribution in [2.75, 3.05) is 52.5 Å². The molecule has 2 rings (SSSR count). The van der Waals surface area contributed by atoms with Gasteiger partial charge in [-0.2, -0.15) is 0 Å². The van der Waals surface area contributed by atoms with Crippen LogP contribution in [-0.4, -0.2) is 69.3 Å². The summed E-state index contributed by atoms with van der Waals surface area (Å²) in [6.45, 7) is 5.08. The van der Waals surface area contributed by atoms with Gasteiger partial charge in [0.25, 0.3) is 0 Å². The summed E-state index contributed by atoms with van der Waals surface area (Å²) in [6.07, 6.45) is 0. The van der Waals surface area contributed by atoms with Crippen LogP contribution in [0.25, 0.3) is 0 Å². The molecule has 1 aliphatic rings. The Morgan fingerprint density at radius 3 is 2.59 bits per heavy atom. The first kappa shape index (κ1) is 25.4. The highest BCUT2D eigenvalue weighted by atomic mass is 35.5. The Morgan fingerprint density at radius 2 is 1.89 bits per heavy atom. The van der Waals surface area contributed by atoms with E-state index in [9.17, 15) is 9.59 Å². The summed E-state index contributed by atoms with van der Waals surface area (Å²) in [5, 5.41) is 5.17. The first-order valence-corrected chi connectivity index (χ1v) is 8.42. The van der Waals surface area contributed by atoms with Crippen LogP contribution in [0.1, 0.15) is 5.56 Å². The smallest absolute Gasteiger partial charge is 0.239 e. The maximum atomic E-state index is 11.7. The molecular weight excluding hydrogens is 395 g/mol. The number of halogens is 2. The summed E-state index contributed by atoms with van der Waals surface area (Å²) in [7, 11) is 0. The Hall–Kier alpha value is -1.58. The lowest BCUT2D eigenvalue weighted by Gasteiger charge is -2.26. The molecule has 8 nitrogen and oxygen atoms in total. The largest absolute Gasteiger partial charge is 0.492 e. The minimum absolute atomic E-state index is 0. The first-order valence-electron chi connectivity index (χ1n) is 8.42. The second kappa shape index (κ2) is 14.5. The topological polar surface area (TPSA) is 106 Å². The van der Waals surface area contributed by atoms with Crippen LogP contribution in [0.15, 0.2) is 24.3 Å². The third-order valence-corrected chi connectivity index (χ3v) is 3.80. The van der Waals surface area contributed by atoms with Crippen LogP contribution in [0.2, 0.25) is 0 Å². The minimum Gasteiger partial charge on any atom is -0.492 e. The molecule has 1 saturated heterocycles. The van der Waals surface area contributed by atoms with E-state index in [-0.39, 0.29) is 49.7 Å². The summed E-state index contributed by atoms with van der Waals surface area (Å²) in [4.78, 5) is 25.0. The van der Waals surface area contributed by atoms with Crippen LogP contribution < -0.4 is 21.1 Å². The predicted molar refractivity (Wildman–Crippen MR) is 108 cm³/mol. The lowest BCUT2D eigenvalue weighted by molar-refractivity contribution is -0.125. The van der Waals surface area contributed by atoms with E-state index in [4.69, 9.17) is 15.2 Å². The minimum atomic E-state index is -0.356. The molecule has 10 heteroatoms. The summed E-state index contributed by atoms with van der Waals surface area (Å²) in [6, 6.07) is 7.60. The van der Waals surface area contributed by atoms with Gasteiger partial charge in [-0.05, 0) is 17.7 Å². The summed E-state index contributed by atoms with van der Waals surface area (Å²) in [5.41, 5.74) is 6.09. The van der Waals surface area contributed by atoms with Crippen molar-refractivity contribution in [1.29, 1.82) is 0 Å². The van der Waals surface area contributed by atoms with Crippen LogP contribution in [0.3, 0.4) is 0 Å². The van der Waals surface area contributed by atoms with E-state index in [1.54, 1.807) is 0 Å². The third kappa shape index (κ3) is 10.4. The average molecular weight is 423 g/mol. The molecular formula is C17H28Cl2N4O4. The molecule has 0 saturated carbocycles. The van der Waals surface area contributed by atoms with Crippen molar-refractivity contribution in [1.82, 2.24) is 15.5 Å². The van der Waals surface area contributed by atoms with Crippen LogP contribution in [-0.2, 0) is 20.9 Å². The number of nitrogens with two attached hydrogens (primary N) is 1. The van der Waals surface area contributed by atoms with Gasteiger partial charge < -0.3 is 25.8 Å². The number of nitrogens with one attached hydrogen (secondary N) is 2. The van der Waals surface area contributed by atoms with Gasteiger partial charge in [0.15, 0.2) is 0 Å². The molecule has 4 N–H and O–H groups in total. The fourth-order valence-corrected chi connectivity index (χ4v) is 2.38. The number of morpholine rings is 1. The van der Waals surface area contributed by atoms with Gasteiger partial charge in [0.2, 0.25) is 11.8 Å². The molecule has 0 unspecified atom stereocenters. The molecule has 1 aliphatic heterocycles. The normalized spacial score (nSPS) is 13.7. The maximum absolute atomic E-state index is 11.7. The van der Waals surface area contributed by atoms with E-state index < -0.39 is 0 Å². The van der Waals surface area contributed by atoms with Gasteiger partial charge in [-0.1, -0.05) is 12.1 Å². The van der Waals surface area contributed by atoms with Gasteiger partial charge >= 0.3 is 0 Å². The quantitative estimate of drug-likeness (QED) is 0.514. The third-order valence-electron chi connectivity index (χ3n) is 3.80. The highest BCUT2D eigenvalue weighted by molar-refractivity contribution is 5.86. The van der Waals surface area contributed by atoms with Crippen molar-refractivity contribution in [3.63, 3.8) is 0 Å². The maximum Gasteiger partial charge on any atom is 0.239 e. The van der Waals surface area contributed by atoms with Crippen molar-refractivity contribution in [2.45, 2.75) is 6.54 Å². The highest BCUT2D eigenvalue weighted by Crippen LogP contribution is 2.13. The van der Waals surface area contributed by atoms with Gasteiger partial charge in [0, 0.05) is 26.2 Å². The zero-order valence-electron chi connectivity index (χ0n) is 15.1. The van der Waals surface area contributed by atoms with Crippen molar-refractivity contribution in [3.8, 4) is 5.75 Å². The first-order chi connectivity index (χ1) is 12.2. The van der Waals surface area contributed by atoms with Crippen molar-refractivity contribution in [2.24, 2.45) is 5.73 Å². The number of hydrogen-bond acceptors (Lipinski definition) is 6. The van der Waals surface area contributed by atoms with E-state index in [0.29, 0.717) is 13.2 Å². The molecule has 0 spiro atoms. The van der Waals surface area contributed by atoms with Crippen molar-refractivity contribution >= 4 is 36.6 Å². The molecule has 154 valence electrons. The molecule has 0 radical (unpaired) electrons. The molecule has 27 heavy (non-hydrogen) atoms. The second-order valence-electron chi connectivity index (χ2n) is 5.71. The molecule has 0 aliphatic carbocycles. The van der Waals surface area contributed by atoms with E-state index in [1.807, 2.05) is 24.3 Å². The Bertz CT molecular complexity index is 572. The highest BCUT2D eigenvalue weighted by Gasteiger charge is 2.10. The standard InChI is InChI=1S/C17H26N4O4.2ClH/c18-11-16(22)20-13-17(23)19-12-14-2-1-3-15(10-14)25-9-6-21-4-7-24-8-5-21;;/h1-3,10H,4-9,11-13,18H2,(H,19,23)(H,20,22);2*1H. The number of carbonyl (C=O) groups is 2. The lowest BCUT2D eigenvalue weighted by Crippen LogP contribution is -2.39. The zero-order valence-corrected chi connectivity index (χ0v) is 16.8.